The minimum atomic E-state index is 0.220. The molecule has 6 heteroatoms. The number of nitrogens with zero attached hydrogens (tertiary/aromatic N) is 4. The predicted octanol–water partition coefficient (Wildman–Crippen LogP) is 4.22. The highest BCUT2D eigenvalue weighted by molar-refractivity contribution is 5.82. The topological polar surface area (TPSA) is 79.1 Å². The van der Waals surface area contributed by atoms with Crippen LogP contribution < -0.4 is 5.43 Å². The maximum absolute atomic E-state index is 9.01. The van der Waals surface area contributed by atoms with Crippen LogP contribution in [0.15, 0.2) is 15.6 Å². The Morgan fingerprint density at radius 2 is 2.08 bits per heavy atom. The Balaban J connectivity index is 1.77. The molecule has 0 aromatic carbocycles. The van der Waals surface area contributed by atoms with E-state index in [1.54, 1.807) is 13.1 Å². The highest BCUT2D eigenvalue weighted by Crippen LogP contribution is 2.31. The Bertz CT molecular complexity index is 787. The fraction of sp³-hybridized carbons (Fsp3) is 0.500. The number of aromatic nitrogens is 2. The van der Waals surface area contributed by atoms with Gasteiger partial charge in [0.2, 0.25) is 5.69 Å². The number of hydrogen-bond donors (Lipinski definition) is 1. The van der Waals surface area contributed by atoms with Crippen molar-refractivity contribution in [3.05, 3.63) is 34.6 Å². The van der Waals surface area contributed by atoms with Crippen molar-refractivity contribution in [2.45, 2.75) is 58.9 Å². The van der Waals surface area contributed by atoms with Crippen LogP contribution >= 0.6 is 0 Å². The molecule has 0 spiro atoms. The van der Waals surface area contributed by atoms with Gasteiger partial charge in [0.15, 0.2) is 5.89 Å². The second-order valence-electron chi connectivity index (χ2n) is 6.38. The summed E-state index contributed by atoms with van der Waals surface area (Å²) in [6, 6.07) is 4.75. The lowest BCUT2D eigenvalue weighted by atomic mass is 9.95. The Hall–Kier alpha value is -2.55. The van der Waals surface area contributed by atoms with Crippen LogP contribution in [0.25, 0.3) is 0 Å². The lowest BCUT2D eigenvalue weighted by Crippen LogP contribution is -2.15. The van der Waals surface area contributed by atoms with Crippen molar-refractivity contribution in [3.63, 3.8) is 0 Å². The lowest BCUT2D eigenvalue weighted by Gasteiger charge is -2.26. The number of oxazole rings is 1. The van der Waals surface area contributed by atoms with Crippen molar-refractivity contribution >= 4 is 12.1 Å². The SMILES string of the molecule is Cc1nc(C#N)c(NN=Cc2cc(C)n(C3CCCCC3)c2C)o1. The Morgan fingerprint density at radius 1 is 1.33 bits per heavy atom. The van der Waals surface area contributed by atoms with Gasteiger partial charge in [-0.05, 0) is 32.8 Å². The average molecular weight is 325 g/mol. The molecular weight excluding hydrogens is 302 g/mol. The summed E-state index contributed by atoms with van der Waals surface area (Å²) >= 11 is 0. The van der Waals surface area contributed by atoms with E-state index in [0.717, 1.165) is 5.56 Å². The van der Waals surface area contributed by atoms with E-state index in [2.05, 4.69) is 40.0 Å². The molecule has 24 heavy (non-hydrogen) atoms. The molecule has 1 saturated carbocycles. The van der Waals surface area contributed by atoms with Crippen LogP contribution in [0.3, 0.4) is 0 Å². The molecule has 2 heterocycles. The van der Waals surface area contributed by atoms with Crippen LogP contribution in [0.4, 0.5) is 5.88 Å². The monoisotopic (exact) mass is 325 g/mol. The first-order chi connectivity index (χ1) is 11.6. The van der Waals surface area contributed by atoms with E-state index >= 15 is 0 Å². The van der Waals surface area contributed by atoms with E-state index in [0.29, 0.717) is 11.9 Å². The summed E-state index contributed by atoms with van der Waals surface area (Å²) in [7, 11) is 0. The summed E-state index contributed by atoms with van der Waals surface area (Å²) in [6.07, 6.45) is 8.28. The fourth-order valence-electron chi connectivity index (χ4n) is 3.57. The number of rotatable bonds is 4. The van der Waals surface area contributed by atoms with Crippen LogP contribution in [0, 0.1) is 32.1 Å². The molecule has 6 nitrogen and oxygen atoms in total. The van der Waals surface area contributed by atoms with Gasteiger partial charge in [-0.3, -0.25) is 0 Å². The van der Waals surface area contributed by atoms with Crippen LogP contribution in [-0.4, -0.2) is 15.8 Å². The third-order valence-corrected chi connectivity index (χ3v) is 4.67. The van der Waals surface area contributed by atoms with Gasteiger partial charge in [0.1, 0.15) is 6.07 Å². The van der Waals surface area contributed by atoms with E-state index in [9.17, 15) is 0 Å². The van der Waals surface area contributed by atoms with E-state index < -0.39 is 0 Å². The van der Waals surface area contributed by atoms with Crippen molar-refractivity contribution in [2.75, 3.05) is 5.43 Å². The number of nitriles is 1. The molecule has 126 valence electrons. The molecule has 0 bridgehead atoms. The van der Waals surface area contributed by atoms with Gasteiger partial charge in [-0.2, -0.15) is 10.4 Å². The molecule has 1 aliphatic rings. The second-order valence-corrected chi connectivity index (χ2v) is 6.38. The third-order valence-electron chi connectivity index (χ3n) is 4.67. The van der Waals surface area contributed by atoms with Gasteiger partial charge in [0.25, 0.3) is 5.88 Å². The number of nitrogens with one attached hydrogen (secondary N) is 1. The van der Waals surface area contributed by atoms with Gasteiger partial charge >= 0.3 is 0 Å². The second kappa shape index (κ2) is 6.91. The Labute approximate surface area is 142 Å². The summed E-state index contributed by atoms with van der Waals surface area (Å²) in [5.74, 6) is 0.729. The van der Waals surface area contributed by atoms with Crippen molar-refractivity contribution in [3.8, 4) is 6.07 Å². The maximum Gasteiger partial charge on any atom is 0.252 e. The predicted molar refractivity (Wildman–Crippen MR) is 93.2 cm³/mol. The normalized spacial score (nSPS) is 15.8. The van der Waals surface area contributed by atoms with Gasteiger partial charge in [-0.15, -0.1) is 0 Å². The van der Waals surface area contributed by atoms with Crippen LogP contribution in [0.5, 0.6) is 0 Å². The van der Waals surface area contributed by atoms with Gasteiger partial charge in [-0.25, -0.2) is 10.4 Å². The van der Waals surface area contributed by atoms with Crippen LogP contribution in [-0.2, 0) is 0 Å². The smallest absolute Gasteiger partial charge is 0.252 e. The molecule has 0 unspecified atom stereocenters. The summed E-state index contributed by atoms with van der Waals surface area (Å²) in [4.78, 5) is 3.98. The zero-order chi connectivity index (χ0) is 17.1. The number of aryl methyl sites for hydroxylation is 2. The van der Waals surface area contributed by atoms with Crippen molar-refractivity contribution in [2.24, 2.45) is 5.10 Å². The van der Waals surface area contributed by atoms with Crippen molar-refractivity contribution in [1.29, 1.82) is 5.26 Å². The van der Waals surface area contributed by atoms with E-state index in [4.69, 9.17) is 9.68 Å². The van der Waals surface area contributed by atoms with Gasteiger partial charge < -0.3 is 8.98 Å². The average Bonchev–Trinajstić information content (AvgIpc) is 3.07. The lowest BCUT2D eigenvalue weighted by molar-refractivity contribution is 0.346. The molecule has 0 amide bonds. The minimum Gasteiger partial charge on any atom is -0.422 e. The van der Waals surface area contributed by atoms with Crippen LogP contribution in [0.1, 0.15) is 66.7 Å². The molecule has 3 rings (SSSR count). The van der Waals surface area contributed by atoms with Gasteiger partial charge in [0, 0.05) is 29.9 Å². The summed E-state index contributed by atoms with van der Waals surface area (Å²) in [6.45, 7) is 6.00. The van der Waals surface area contributed by atoms with Crippen LogP contribution in [0.2, 0.25) is 0 Å². The molecule has 0 atom stereocenters. The summed E-state index contributed by atoms with van der Waals surface area (Å²) in [5.41, 5.74) is 6.59. The molecule has 2 aromatic rings. The largest absolute Gasteiger partial charge is 0.422 e. The van der Waals surface area contributed by atoms with E-state index in [1.807, 2.05) is 6.07 Å². The first-order valence-electron chi connectivity index (χ1n) is 8.45. The standard InChI is InChI=1S/C18H23N5O/c1-12-9-15(13(2)23(12)16-7-5-4-6-8-16)11-20-22-18-17(10-19)21-14(3)24-18/h9,11,16,22H,4-8H2,1-3H3. The molecule has 0 aliphatic heterocycles. The summed E-state index contributed by atoms with van der Waals surface area (Å²) < 4.78 is 7.78. The number of hydrazone groups is 1. The molecule has 0 radical (unpaired) electrons. The highest BCUT2D eigenvalue weighted by atomic mass is 16.4. The molecule has 1 N–H and O–H groups in total. The minimum absolute atomic E-state index is 0.220. The molecule has 1 fully saturated rings. The van der Waals surface area contributed by atoms with Gasteiger partial charge in [-0.1, -0.05) is 19.3 Å². The quantitative estimate of drug-likeness (QED) is 0.674. The summed E-state index contributed by atoms with van der Waals surface area (Å²) in [5, 5.41) is 13.2. The molecule has 1 aliphatic carbocycles. The highest BCUT2D eigenvalue weighted by Gasteiger charge is 2.19. The zero-order valence-corrected chi connectivity index (χ0v) is 14.5. The first-order valence-corrected chi connectivity index (χ1v) is 8.45. The Morgan fingerprint density at radius 3 is 2.79 bits per heavy atom. The number of anilines is 1. The molecule has 2 aromatic heterocycles. The van der Waals surface area contributed by atoms with Gasteiger partial charge in [0.05, 0.1) is 6.21 Å². The van der Waals surface area contributed by atoms with Crippen molar-refractivity contribution in [1.82, 2.24) is 9.55 Å². The molecule has 0 saturated heterocycles. The Kier molecular flexibility index (Phi) is 4.70. The first kappa shape index (κ1) is 16.3. The fourth-order valence-corrected chi connectivity index (χ4v) is 3.57. The maximum atomic E-state index is 9.01. The zero-order valence-electron chi connectivity index (χ0n) is 14.5. The van der Waals surface area contributed by atoms with E-state index in [1.165, 1.54) is 43.5 Å². The number of hydrogen-bond acceptors (Lipinski definition) is 5. The third kappa shape index (κ3) is 3.21. The van der Waals surface area contributed by atoms with E-state index in [-0.39, 0.29) is 11.6 Å². The van der Waals surface area contributed by atoms with Crippen molar-refractivity contribution < 1.29 is 4.42 Å². The molecular formula is C18H23N5O.